The molecule has 0 radical (unpaired) electrons. The number of hydrogen-bond acceptors (Lipinski definition) is 4. The van der Waals surface area contributed by atoms with Crippen LogP contribution in [0.2, 0.25) is 0 Å². The van der Waals surface area contributed by atoms with Gasteiger partial charge in [-0.1, -0.05) is 0 Å². The van der Waals surface area contributed by atoms with Crippen LogP contribution >= 0.6 is 0 Å². The summed E-state index contributed by atoms with van der Waals surface area (Å²) in [7, 11) is 1.38. The van der Waals surface area contributed by atoms with Crippen LogP contribution in [0.15, 0.2) is 0 Å². The summed E-state index contributed by atoms with van der Waals surface area (Å²) < 4.78 is 4.57. The van der Waals surface area contributed by atoms with E-state index in [9.17, 15) is 4.79 Å². The van der Waals surface area contributed by atoms with Gasteiger partial charge < -0.3 is 15.2 Å². The van der Waals surface area contributed by atoms with Gasteiger partial charge >= 0.3 is 5.97 Å². The van der Waals surface area contributed by atoms with Crippen molar-refractivity contribution >= 4 is 5.97 Å². The number of aliphatic hydroxyl groups is 1. The van der Waals surface area contributed by atoms with Crippen LogP contribution in [0.4, 0.5) is 0 Å². The molecule has 14 heavy (non-hydrogen) atoms. The van der Waals surface area contributed by atoms with E-state index >= 15 is 0 Å². The highest BCUT2D eigenvalue weighted by molar-refractivity contribution is 5.69. The number of methoxy groups -OCH3 is 1. The highest BCUT2D eigenvalue weighted by Crippen LogP contribution is 2.09. The second kappa shape index (κ2) is 5.98. The second-order valence-corrected chi connectivity index (χ2v) is 4.18. The molecular weight excluding hydrogens is 182 g/mol. The van der Waals surface area contributed by atoms with Crippen molar-refractivity contribution in [1.29, 1.82) is 0 Å². The number of hydrogen-bond donors (Lipinski definition) is 2. The normalized spacial score (nSPS) is 13.8. The van der Waals surface area contributed by atoms with Gasteiger partial charge in [-0.15, -0.1) is 0 Å². The standard InChI is InChI=1S/C10H21NO3/c1-8(7-9(13)14-4)11-10(2,3)5-6-12/h8,11-12H,5-7H2,1-4H3. The summed E-state index contributed by atoms with van der Waals surface area (Å²) in [5.74, 6) is -0.218. The van der Waals surface area contributed by atoms with Crippen molar-refractivity contribution in [2.24, 2.45) is 0 Å². The minimum Gasteiger partial charge on any atom is -0.469 e. The summed E-state index contributed by atoms with van der Waals surface area (Å²) in [5, 5.41) is 12.1. The number of nitrogens with one attached hydrogen (secondary N) is 1. The van der Waals surface area contributed by atoms with Gasteiger partial charge in [-0.25, -0.2) is 0 Å². The first-order valence-corrected chi connectivity index (χ1v) is 4.86. The maximum atomic E-state index is 11.0. The Kier molecular flexibility index (Phi) is 5.72. The summed E-state index contributed by atoms with van der Waals surface area (Å²) in [6.07, 6.45) is 1.02. The zero-order valence-corrected chi connectivity index (χ0v) is 9.46. The second-order valence-electron chi connectivity index (χ2n) is 4.18. The Labute approximate surface area is 85.6 Å². The predicted octanol–water partition coefficient (Wildman–Crippen LogP) is 0.689. The van der Waals surface area contributed by atoms with Gasteiger partial charge in [-0.2, -0.15) is 0 Å². The minimum absolute atomic E-state index is 0.0593. The Morgan fingerprint density at radius 1 is 1.57 bits per heavy atom. The van der Waals surface area contributed by atoms with Gasteiger partial charge in [0.05, 0.1) is 13.5 Å². The quantitative estimate of drug-likeness (QED) is 0.624. The molecule has 0 aromatic rings. The van der Waals surface area contributed by atoms with E-state index in [2.05, 4.69) is 10.1 Å². The zero-order chi connectivity index (χ0) is 11.2. The summed E-state index contributed by atoms with van der Waals surface area (Å²) >= 11 is 0. The van der Waals surface area contributed by atoms with E-state index in [0.717, 1.165) is 0 Å². The molecule has 0 bridgehead atoms. The van der Waals surface area contributed by atoms with Crippen LogP contribution in [0.5, 0.6) is 0 Å². The van der Waals surface area contributed by atoms with Crippen LogP contribution in [-0.4, -0.2) is 36.4 Å². The van der Waals surface area contributed by atoms with Crippen molar-refractivity contribution in [2.75, 3.05) is 13.7 Å². The number of aliphatic hydroxyl groups excluding tert-OH is 1. The Bertz CT molecular complexity index is 180. The SMILES string of the molecule is COC(=O)CC(C)NC(C)(C)CCO. The van der Waals surface area contributed by atoms with E-state index in [1.54, 1.807) is 0 Å². The van der Waals surface area contributed by atoms with Crippen LogP contribution in [0.1, 0.15) is 33.6 Å². The number of esters is 1. The van der Waals surface area contributed by atoms with E-state index in [4.69, 9.17) is 5.11 Å². The first-order chi connectivity index (χ1) is 6.41. The van der Waals surface area contributed by atoms with E-state index in [1.807, 2.05) is 20.8 Å². The summed E-state index contributed by atoms with van der Waals surface area (Å²) in [5.41, 5.74) is -0.151. The van der Waals surface area contributed by atoms with Crippen molar-refractivity contribution in [3.05, 3.63) is 0 Å². The Balaban J connectivity index is 3.91. The summed E-state index contributed by atoms with van der Waals surface area (Å²) in [6, 6.07) is 0.0593. The molecule has 0 amide bonds. The molecule has 0 aliphatic rings. The molecule has 1 unspecified atom stereocenters. The molecular formula is C10H21NO3. The third kappa shape index (κ3) is 5.94. The fourth-order valence-electron chi connectivity index (χ4n) is 1.40. The van der Waals surface area contributed by atoms with Crippen LogP contribution in [0.3, 0.4) is 0 Å². The topological polar surface area (TPSA) is 58.6 Å². The lowest BCUT2D eigenvalue weighted by Gasteiger charge is -2.29. The maximum absolute atomic E-state index is 11.0. The lowest BCUT2D eigenvalue weighted by atomic mass is 9.99. The smallest absolute Gasteiger partial charge is 0.307 e. The molecule has 0 aliphatic carbocycles. The Hall–Kier alpha value is -0.610. The van der Waals surface area contributed by atoms with Gasteiger partial charge in [0, 0.05) is 18.2 Å². The average Bonchev–Trinajstić information content (AvgIpc) is 2.02. The van der Waals surface area contributed by atoms with E-state index in [1.165, 1.54) is 7.11 Å². The number of carbonyl (C=O) groups is 1. The first kappa shape index (κ1) is 13.4. The molecule has 0 spiro atoms. The van der Waals surface area contributed by atoms with Gasteiger partial charge in [-0.05, 0) is 27.2 Å². The van der Waals surface area contributed by atoms with Gasteiger partial charge in [0.25, 0.3) is 0 Å². The molecule has 0 aliphatic heterocycles. The highest BCUT2D eigenvalue weighted by Gasteiger charge is 2.20. The maximum Gasteiger partial charge on any atom is 0.307 e. The van der Waals surface area contributed by atoms with Crippen LogP contribution in [0.25, 0.3) is 0 Å². The monoisotopic (exact) mass is 203 g/mol. The molecule has 2 N–H and O–H groups in total. The van der Waals surface area contributed by atoms with Crippen molar-refractivity contribution < 1.29 is 14.6 Å². The summed E-state index contributed by atoms with van der Waals surface area (Å²) in [6.45, 7) is 6.06. The molecule has 84 valence electrons. The van der Waals surface area contributed by atoms with Gasteiger partial charge in [0.1, 0.15) is 0 Å². The van der Waals surface area contributed by atoms with Gasteiger partial charge in [-0.3, -0.25) is 4.79 Å². The van der Waals surface area contributed by atoms with Crippen molar-refractivity contribution in [1.82, 2.24) is 5.32 Å². The molecule has 0 aromatic heterocycles. The van der Waals surface area contributed by atoms with Crippen LogP contribution in [-0.2, 0) is 9.53 Å². The first-order valence-electron chi connectivity index (χ1n) is 4.86. The van der Waals surface area contributed by atoms with E-state index in [-0.39, 0.29) is 24.2 Å². The molecule has 0 fully saturated rings. The molecule has 0 rings (SSSR count). The molecule has 4 heteroatoms. The number of rotatable bonds is 6. The molecule has 0 saturated carbocycles. The van der Waals surface area contributed by atoms with Crippen molar-refractivity contribution in [2.45, 2.75) is 45.2 Å². The predicted molar refractivity (Wildman–Crippen MR) is 55.0 cm³/mol. The molecule has 0 aromatic carbocycles. The molecule has 1 atom stereocenters. The lowest BCUT2D eigenvalue weighted by molar-refractivity contribution is -0.141. The van der Waals surface area contributed by atoms with Crippen molar-refractivity contribution in [3.63, 3.8) is 0 Å². The lowest BCUT2D eigenvalue weighted by Crippen LogP contribution is -2.46. The Morgan fingerprint density at radius 3 is 2.57 bits per heavy atom. The minimum atomic E-state index is -0.218. The third-order valence-electron chi connectivity index (χ3n) is 2.07. The molecule has 0 heterocycles. The number of ether oxygens (including phenoxy) is 1. The summed E-state index contributed by atoms with van der Waals surface area (Å²) in [4.78, 5) is 11.0. The van der Waals surface area contributed by atoms with Gasteiger partial charge in [0.2, 0.25) is 0 Å². The van der Waals surface area contributed by atoms with E-state index in [0.29, 0.717) is 12.8 Å². The van der Waals surface area contributed by atoms with Crippen LogP contribution < -0.4 is 5.32 Å². The Morgan fingerprint density at radius 2 is 2.14 bits per heavy atom. The zero-order valence-electron chi connectivity index (χ0n) is 9.46. The van der Waals surface area contributed by atoms with Crippen LogP contribution in [0, 0.1) is 0 Å². The largest absolute Gasteiger partial charge is 0.469 e. The average molecular weight is 203 g/mol. The fourth-order valence-corrected chi connectivity index (χ4v) is 1.40. The van der Waals surface area contributed by atoms with Crippen molar-refractivity contribution in [3.8, 4) is 0 Å². The molecule has 4 nitrogen and oxygen atoms in total. The third-order valence-corrected chi connectivity index (χ3v) is 2.07. The molecule has 0 saturated heterocycles. The van der Waals surface area contributed by atoms with E-state index < -0.39 is 0 Å². The fraction of sp³-hybridized carbons (Fsp3) is 0.900. The van der Waals surface area contributed by atoms with Gasteiger partial charge in [0.15, 0.2) is 0 Å². The number of carbonyl (C=O) groups excluding carboxylic acids is 1. The highest BCUT2D eigenvalue weighted by atomic mass is 16.5.